The number of amides is 3. The molecule has 0 aliphatic rings. The lowest BCUT2D eigenvalue weighted by Gasteiger charge is -2.17. The number of aromatic nitrogens is 1. The van der Waals surface area contributed by atoms with E-state index in [4.69, 9.17) is 16.3 Å². The molecule has 3 amide bonds. The van der Waals surface area contributed by atoms with Crippen LogP contribution in [0.2, 0.25) is 5.15 Å². The molecule has 0 fully saturated rings. The molecule has 0 unspecified atom stereocenters. The lowest BCUT2D eigenvalue weighted by atomic mass is 10.1. The van der Waals surface area contributed by atoms with Gasteiger partial charge in [0.15, 0.2) is 0 Å². The summed E-state index contributed by atoms with van der Waals surface area (Å²) in [4.78, 5) is 40.0. The number of ether oxygens (including phenoxy) is 1. The fourth-order valence-electron chi connectivity index (χ4n) is 1.95. The van der Waals surface area contributed by atoms with Crippen LogP contribution in [0.4, 0.5) is 4.79 Å². The number of carbonyl (C=O) groups excluding carboxylic acids is 3. The minimum absolute atomic E-state index is 0.135. The Morgan fingerprint density at radius 1 is 1.16 bits per heavy atom. The van der Waals surface area contributed by atoms with Gasteiger partial charge in [-0.2, -0.15) is 0 Å². The molecule has 0 saturated heterocycles. The second-order valence-corrected chi connectivity index (χ2v) is 5.30. The molecule has 2 aromatic rings. The summed E-state index contributed by atoms with van der Waals surface area (Å²) in [6.45, 7) is 2.07. The fraction of sp³-hybridized carbons (Fsp3) is 0.176. The van der Waals surface area contributed by atoms with Crippen LogP contribution in [0.15, 0.2) is 48.7 Å². The molecule has 0 spiro atoms. The molecular weight excluding hydrogens is 346 g/mol. The molecule has 8 heteroatoms. The number of carbonyl (C=O) groups is 3. The van der Waals surface area contributed by atoms with Gasteiger partial charge in [0.1, 0.15) is 5.15 Å². The van der Waals surface area contributed by atoms with Crippen molar-refractivity contribution in [3.05, 3.63) is 64.9 Å². The second-order valence-electron chi connectivity index (χ2n) is 4.91. The van der Waals surface area contributed by atoms with Gasteiger partial charge in [0.2, 0.25) is 6.10 Å². The van der Waals surface area contributed by atoms with Crippen LogP contribution >= 0.6 is 11.6 Å². The van der Waals surface area contributed by atoms with E-state index in [9.17, 15) is 14.4 Å². The molecule has 1 aromatic heterocycles. The summed E-state index contributed by atoms with van der Waals surface area (Å²) in [5, 5.41) is 4.81. The summed E-state index contributed by atoms with van der Waals surface area (Å²) < 4.78 is 5.29. The van der Waals surface area contributed by atoms with Crippen molar-refractivity contribution in [3.8, 4) is 0 Å². The van der Waals surface area contributed by atoms with Gasteiger partial charge >= 0.3 is 12.0 Å². The highest BCUT2D eigenvalue weighted by Gasteiger charge is 2.27. The third-order valence-electron chi connectivity index (χ3n) is 3.10. The first-order valence-corrected chi connectivity index (χ1v) is 7.85. The van der Waals surface area contributed by atoms with E-state index >= 15 is 0 Å². The highest BCUT2D eigenvalue weighted by molar-refractivity contribution is 6.29. The molecule has 0 radical (unpaired) electrons. The Kier molecular flexibility index (Phi) is 6.47. The molecule has 2 rings (SSSR count). The van der Waals surface area contributed by atoms with E-state index in [0.717, 1.165) is 0 Å². The highest BCUT2D eigenvalue weighted by atomic mass is 35.5. The molecule has 0 bridgehead atoms. The van der Waals surface area contributed by atoms with Crippen molar-refractivity contribution < 1.29 is 19.1 Å². The van der Waals surface area contributed by atoms with Crippen molar-refractivity contribution in [2.24, 2.45) is 0 Å². The summed E-state index contributed by atoms with van der Waals surface area (Å²) in [5.74, 6) is -1.52. The van der Waals surface area contributed by atoms with E-state index in [1.807, 2.05) is 0 Å². The minimum atomic E-state index is -1.29. The van der Waals surface area contributed by atoms with Gasteiger partial charge in [-0.25, -0.2) is 14.6 Å². The maximum absolute atomic E-state index is 12.4. The molecule has 2 N–H and O–H groups in total. The number of hydrogen-bond acceptors (Lipinski definition) is 5. The molecular formula is C17H16ClN3O4. The van der Waals surface area contributed by atoms with Gasteiger partial charge in [0.25, 0.3) is 5.91 Å². The van der Waals surface area contributed by atoms with Crippen molar-refractivity contribution in [3.63, 3.8) is 0 Å². The van der Waals surface area contributed by atoms with Crippen LogP contribution in [0, 0.1) is 0 Å². The van der Waals surface area contributed by atoms with Crippen LogP contribution in [0.5, 0.6) is 0 Å². The maximum Gasteiger partial charge on any atom is 0.340 e. The average molecular weight is 362 g/mol. The first-order chi connectivity index (χ1) is 12.0. The van der Waals surface area contributed by atoms with Gasteiger partial charge in [-0.15, -0.1) is 0 Å². The zero-order chi connectivity index (χ0) is 18.2. The second kappa shape index (κ2) is 8.79. The molecule has 0 aliphatic heterocycles. The Hall–Kier alpha value is -2.93. The Morgan fingerprint density at radius 3 is 2.48 bits per heavy atom. The molecule has 1 aromatic carbocycles. The lowest BCUT2D eigenvalue weighted by Crippen LogP contribution is -2.42. The van der Waals surface area contributed by atoms with Crippen LogP contribution in [0.3, 0.4) is 0 Å². The molecule has 1 heterocycles. The predicted octanol–water partition coefficient (Wildman–Crippen LogP) is 2.48. The Balaban J connectivity index is 2.20. The first-order valence-electron chi connectivity index (χ1n) is 7.47. The number of imide groups is 1. The number of benzene rings is 1. The number of pyridine rings is 1. The number of hydrogen-bond donors (Lipinski definition) is 2. The van der Waals surface area contributed by atoms with Crippen molar-refractivity contribution in [1.82, 2.24) is 15.6 Å². The summed E-state index contributed by atoms with van der Waals surface area (Å²) in [7, 11) is 0. The topological polar surface area (TPSA) is 97.4 Å². The smallest absolute Gasteiger partial charge is 0.340 e. The Labute approximate surface area is 149 Å². The summed E-state index contributed by atoms with van der Waals surface area (Å²) in [5.41, 5.74) is 0.565. The van der Waals surface area contributed by atoms with E-state index in [1.165, 1.54) is 18.3 Å². The van der Waals surface area contributed by atoms with Crippen molar-refractivity contribution in [2.45, 2.75) is 13.0 Å². The maximum atomic E-state index is 12.4. The zero-order valence-corrected chi connectivity index (χ0v) is 14.1. The third-order valence-corrected chi connectivity index (χ3v) is 3.33. The average Bonchev–Trinajstić information content (AvgIpc) is 2.61. The number of rotatable bonds is 5. The standard InChI is InChI=1S/C17H16ClN3O4/c1-2-19-17(24)21-15(22)14(11-6-4-3-5-7-11)25-16(23)12-8-9-13(18)20-10-12/h3-10,14H,2H2,1H3,(H2,19,21,22,24)/t14-/m1/s1. The van der Waals surface area contributed by atoms with Gasteiger partial charge in [-0.05, 0) is 19.1 Å². The van der Waals surface area contributed by atoms with Gasteiger partial charge in [-0.3, -0.25) is 10.1 Å². The predicted molar refractivity (Wildman–Crippen MR) is 91.1 cm³/mol. The zero-order valence-electron chi connectivity index (χ0n) is 13.4. The van der Waals surface area contributed by atoms with Gasteiger partial charge in [0, 0.05) is 18.3 Å². The summed E-state index contributed by atoms with van der Waals surface area (Å²) in [6.07, 6.45) is -0.0407. The van der Waals surface area contributed by atoms with Crippen molar-refractivity contribution in [2.75, 3.05) is 6.54 Å². The van der Waals surface area contributed by atoms with Crippen LogP contribution in [-0.4, -0.2) is 29.4 Å². The number of nitrogens with zero attached hydrogens (tertiary/aromatic N) is 1. The van der Waals surface area contributed by atoms with E-state index < -0.39 is 24.0 Å². The molecule has 0 aliphatic carbocycles. The normalized spacial score (nSPS) is 11.3. The lowest BCUT2D eigenvalue weighted by molar-refractivity contribution is -0.129. The van der Waals surface area contributed by atoms with Crippen molar-refractivity contribution >= 4 is 29.5 Å². The van der Waals surface area contributed by atoms with Gasteiger partial charge in [-0.1, -0.05) is 41.9 Å². The third kappa shape index (κ3) is 5.29. The summed E-state index contributed by atoms with van der Waals surface area (Å²) in [6, 6.07) is 10.6. The molecule has 25 heavy (non-hydrogen) atoms. The SMILES string of the molecule is CCNC(=O)NC(=O)[C@H](OC(=O)c1ccc(Cl)nc1)c1ccccc1. The molecule has 130 valence electrons. The van der Waals surface area contributed by atoms with E-state index in [2.05, 4.69) is 15.6 Å². The number of nitrogens with one attached hydrogen (secondary N) is 2. The Bertz CT molecular complexity index is 750. The van der Waals surface area contributed by atoms with Gasteiger partial charge < -0.3 is 10.1 Å². The number of esters is 1. The molecule has 7 nitrogen and oxygen atoms in total. The largest absolute Gasteiger partial charge is 0.444 e. The quantitative estimate of drug-likeness (QED) is 0.629. The highest BCUT2D eigenvalue weighted by Crippen LogP contribution is 2.20. The van der Waals surface area contributed by atoms with Crippen molar-refractivity contribution in [1.29, 1.82) is 0 Å². The van der Waals surface area contributed by atoms with Crippen LogP contribution in [-0.2, 0) is 9.53 Å². The number of halogens is 1. The van der Waals surface area contributed by atoms with E-state index in [0.29, 0.717) is 12.1 Å². The summed E-state index contributed by atoms with van der Waals surface area (Å²) >= 11 is 5.68. The Morgan fingerprint density at radius 2 is 1.88 bits per heavy atom. The van der Waals surface area contributed by atoms with Crippen LogP contribution in [0.1, 0.15) is 28.9 Å². The first kappa shape index (κ1) is 18.4. The molecule has 1 atom stereocenters. The fourth-order valence-corrected chi connectivity index (χ4v) is 2.07. The van der Waals surface area contributed by atoms with E-state index in [-0.39, 0.29) is 10.7 Å². The van der Waals surface area contributed by atoms with Crippen LogP contribution in [0.25, 0.3) is 0 Å². The number of urea groups is 1. The monoisotopic (exact) mass is 361 g/mol. The minimum Gasteiger partial charge on any atom is -0.444 e. The van der Waals surface area contributed by atoms with Gasteiger partial charge in [0.05, 0.1) is 5.56 Å². The van der Waals surface area contributed by atoms with Crippen LogP contribution < -0.4 is 10.6 Å². The molecule has 0 saturated carbocycles. The van der Waals surface area contributed by atoms with E-state index in [1.54, 1.807) is 37.3 Å².